The van der Waals surface area contributed by atoms with E-state index in [9.17, 15) is 9.59 Å². The van der Waals surface area contributed by atoms with E-state index >= 15 is 0 Å². The Morgan fingerprint density at radius 1 is 1.16 bits per heavy atom. The number of amides is 2. The molecule has 2 aliphatic rings. The van der Waals surface area contributed by atoms with Crippen LogP contribution in [0.3, 0.4) is 0 Å². The van der Waals surface area contributed by atoms with Crippen molar-refractivity contribution in [2.24, 2.45) is 5.92 Å². The number of ether oxygens (including phenoxy) is 1. The fraction of sp³-hybridized carbons (Fsp3) is 0.385. The van der Waals surface area contributed by atoms with Crippen molar-refractivity contribution in [3.05, 3.63) is 24.3 Å². The monoisotopic (exact) mass is 278 g/mol. The minimum Gasteiger partial charge on any atom is -0.478 e. The lowest BCUT2D eigenvalue weighted by Crippen LogP contribution is -2.49. The van der Waals surface area contributed by atoms with Gasteiger partial charge in [0, 0.05) is 16.6 Å². The van der Waals surface area contributed by atoms with Crippen LogP contribution in [-0.4, -0.2) is 23.7 Å². The van der Waals surface area contributed by atoms with Gasteiger partial charge in [0.15, 0.2) is 6.10 Å². The van der Waals surface area contributed by atoms with Gasteiger partial charge in [0.25, 0.3) is 5.91 Å². The zero-order valence-corrected chi connectivity index (χ0v) is 11.0. The first-order chi connectivity index (χ1) is 9.24. The van der Waals surface area contributed by atoms with E-state index < -0.39 is 6.10 Å². The molecule has 0 saturated heterocycles. The fourth-order valence-electron chi connectivity index (χ4n) is 1.80. The van der Waals surface area contributed by atoms with Crippen molar-refractivity contribution >= 4 is 23.6 Å². The number of rotatable bonds is 2. The summed E-state index contributed by atoms with van der Waals surface area (Å²) in [6.07, 6.45) is 1.25. The maximum absolute atomic E-state index is 11.9. The molecule has 1 saturated carbocycles. The van der Waals surface area contributed by atoms with Crippen LogP contribution in [0.5, 0.6) is 5.75 Å². The topological polar surface area (TPSA) is 67.4 Å². The molecule has 100 valence electrons. The molecule has 1 aliphatic carbocycles. The molecule has 5 nitrogen and oxygen atoms in total. The number of hydrogen-bond donors (Lipinski definition) is 2. The number of thioether (sulfide) groups is 1. The second kappa shape index (κ2) is 5.13. The van der Waals surface area contributed by atoms with Crippen LogP contribution >= 0.6 is 11.8 Å². The van der Waals surface area contributed by atoms with Crippen molar-refractivity contribution in [1.29, 1.82) is 0 Å². The zero-order chi connectivity index (χ0) is 13.2. The molecule has 0 radical (unpaired) electrons. The fourth-order valence-corrected chi connectivity index (χ4v) is 2.78. The van der Waals surface area contributed by atoms with Gasteiger partial charge in [-0.15, -0.1) is 11.8 Å². The van der Waals surface area contributed by atoms with E-state index in [0.717, 1.165) is 17.7 Å². The first-order valence-electron chi connectivity index (χ1n) is 6.22. The van der Waals surface area contributed by atoms with Gasteiger partial charge in [-0.05, 0) is 25.0 Å². The molecule has 1 heterocycles. The molecular formula is C13H14N2O3S. The predicted octanol–water partition coefficient (Wildman–Crippen LogP) is 1.10. The highest BCUT2D eigenvalue weighted by molar-refractivity contribution is 7.99. The summed E-state index contributed by atoms with van der Waals surface area (Å²) in [5, 5.41) is 0. The number of carbonyl (C=O) groups excluding carboxylic acids is 2. The minimum absolute atomic E-state index is 0.0719. The van der Waals surface area contributed by atoms with E-state index in [1.165, 1.54) is 0 Å². The van der Waals surface area contributed by atoms with Gasteiger partial charge < -0.3 is 4.74 Å². The normalized spacial score (nSPS) is 20.9. The Morgan fingerprint density at radius 2 is 1.89 bits per heavy atom. The molecule has 1 aromatic rings. The third-order valence-electron chi connectivity index (χ3n) is 3.06. The second-order valence-electron chi connectivity index (χ2n) is 4.62. The number of para-hydroxylation sites is 1. The maximum Gasteiger partial charge on any atom is 0.280 e. The van der Waals surface area contributed by atoms with Crippen LogP contribution in [-0.2, 0) is 9.59 Å². The van der Waals surface area contributed by atoms with Gasteiger partial charge in [-0.2, -0.15) is 0 Å². The van der Waals surface area contributed by atoms with E-state index in [-0.39, 0.29) is 17.7 Å². The van der Waals surface area contributed by atoms with Crippen molar-refractivity contribution in [3.8, 4) is 5.75 Å². The van der Waals surface area contributed by atoms with Crippen LogP contribution in [0, 0.1) is 5.92 Å². The molecule has 0 spiro atoms. The summed E-state index contributed by atoms with van der Waals surface area (Å²) < 4.78 is 5.62. The number of hydrazine groups is 1. The molecule has 1 unspecified atom stereocenters. The molecule has 19 heavy (non-hydrogen) atoms. The standard InChI is InChI=1S/C13H14N2O3S/c16-12(8-5-6-8)14-15-13(17)10-7-19-11-4-2-1-3-9(11)18-10/h1-4,8,10H,5-7H2,(H,14,16)(H,15,17). The summed E-state index contributed by atoms with van der Waals surface area (Å²) >= 11 is 1.58. The minimum atomic E-state index is -0.570. The lowest BCUT2D eigenvalue weighted by atomic mass is 10.3. The summed E-state index contributed by atoms with van der Waals surface area (Å²) in [5.74, 6) is 0.908. The molecule has 1 aromatic carbocycles. The lowest BCUT2D eigenvalue weighted by molar-refractivity contribution is -0.133. The van der Waals surface area contributed by atoms with E-state index in [0.29, 0.717) is 11.5 Å². The summed E-state index contributed by atoms with van der Waals surface area (Å²) in [4.78, 5) is 24.3. The van der Waals surface area contributed by atoms with Gasteiger partial charge in [0.05, 0.1) is 0 Å². The Balaban J connectivity index is 1.55. The number of benzene rings is 1. The number of fused-ring (bicyclic) bond motifs is 1. The van der Waals surface area contributed by atoms with Gasteiger partial charge >= 0.3 is 0 Å². The predicted molar refractivity (Wildman–Crippen MR) is 70.6 cm³/mol. The lowest BCUT2D eigenvalue weighted by Gasteiger charge is -2.24. The van der Waals surface area contributed by atoms with Gasteiger partial charge in [0.1, 0.15) is 5.75 Å². The largest absolute Gasteiger partial charge is 0.478 e. The van der Waals surface area contributed by atoms with E-state index in [1.54, 1.807) is 11.8 Å². The molecule has 1 fully saturated rings. The van der Waals surface area contributed by atoms with E-state index in [2.05, 4.69) is 10.9 Å². The van der Waals surface area contributed by atoms with Crippen LogP contribution in [0.1, 0.15) is 12.8 Å². The summed E-state index contributed by atoms with van der Waals surface area (Å²) in [5.41, 5.74) is 4.87. The smallest absolute Gasteiger partial charge is 0.280 e. The number of carbonyl (C=O) groups is 2. The molecule has 1 atom stereocenters. The number of hydrogen-bond acceptors (Lipinski definition) is 4. The van der Waals surface area contributed by atoms with Crippen LogP contribution in [0.4, 0.5) is 0 Å². The molecule has 6 heteroatoms. The highest BCUT2D eigenvalue weighted by Gasteiger charge is 2.31. The van der Waals surface area contributed by atoms with Gasteiger partial charge in [-0.25, -0.2) is 0 Å². The average Bonchev–Trinajstić information content (AvgIpc) is 3.28. The average molecular weight is 278 g/mol. The van der Waals surface area contributed by atoms with Gasteiger partial charge in [0.2, 0.25) is 5.91 Å². The molecule has 2 N–H and O–H groups in total. The Hall–Kier alpha value is -1.69. The Labute approximate surface area is 115 Å². The molecule has 1 aliphatic heterocycles. The molecular weight excluding hydrogens is 264 g/mol. The Kier molecular flexibility index (Phi) is 3.33. The summed E-state index contributed by atoms with van der Waals surface area (Å²) in [7, 11) is 0. The van der Waals surface area contributed by atoms with Crippen molar-refractivity contribution in [3.63, 3.8) is 0 Å². The highest BCUT2D eigenvalue weighted by atomic mass is 32.2. The number of nitrogens with one attached hydrogen (secondary N) is 2. The zero-order valence-electron chi connectivity index (χ0n) is 10.2. The molecule has 3 rings (SSSR count). The Morgan fingerprint density at radius 3 is 2.68 bits per heavy atom. The molecule has 0 aromatic heterocycles. The SMILES string of the molecule is O=C(NNC(=O)C1CSc2ccccc2O1)C1CC1. The first-order valence-corrected chi connectivity index (χ1v) is 7.21. The summed E-state index contributed by atoms with van der Waals surface area (Å²) in [6.45, 7) is 0. The molecule has 0 bridgehead atoms. The quantitative estimate of drug-likeness (QED) is 0.795. The van der Waals surface area contributed by atoms with Crippen LogP contribution in [0.2, 0.25) is 0 Å². The third kappa shape index (κ3) is 2.84. The van der Waals surface area contributed by atoms with Crippen molar-refractivity contribution in [1.82, 2.24) is 10.9 Å². The van der Waals surface area contributed by atoms with Gasteiger partial charge in [-0.3, -0.25) is 20.4 Å². The van der Waals surface area contributed by atoms with Crippen LogP contribution in [0.25, 0.3) is 0 Å². The van der Waals surface area contributed by atoms with Crippen LogP contribution in [0.15, 0.2) is 29.2 Å². The van der Waals surface area contributed by atoms with E-state index in [1.807, 2.05) is 24.3 Å². The van der Waals surface area contributed by atoms with Crippen molar-refractivity contribution in [2.75, 3.05) is 5.75 Å². The molecule has 2 amide bonds. The van der Waals surface area contributed by atoms with Crippen molar-refractivity contribution < 1.29 is 14.3 Å². The second-order valence-corrected chi connectivity index (χ2v) is 5.68. The van der Waals surface area contributed by atoms with Crippen molar-refractivity contribution in [2.45, 2.75) is 23.8 Å². The van der Waals surface area contributed by atoms with E-state index in [4.69, 9.17) is 4.74 Å². The highest BCUT2D eigenvalue weighted by Crippen LogP contribution is 2.34. The maximum atomic E-state index is 11.9. The summed E-state index contributed by atoms with van der Waals surface area (Å²) in [6, 6.07) is 7.60. The first kappa shape index (κ1) is 12.3. The van der Waals surface area contributed by atoms with Crippen LogP contribution < -0.4 is 15.6 Å². The Bertz CT molecular complexity index is 516. The van der Waals surface area contributed by atoms with Gasteiger partial charge in [-0.1, -0.05) is 12.1 Å². The third-order valence-corrected chi connectivity index (χ3v) is 4.18.